The maximum atomic E-state index is 13.0. The second kappa shape index (κ2) is 10.8. The number of anilines is 1. The van der Waals surface area contributed by atoms with E-state index in [0.717, 1.165) is 12.0 Å². The molecule has 1 fully saturated rings. The molecule has 1 aliphatic rings. The van der Waals surface area contributed by atoms with E-state index in [4.69, 9.17) is 9.47 Å². The number of aryl methyl sites for hydroxylation is 1. The van der Waals surface area contributed by atoms with Gasteiger partial charge >= 0.3 is 0 Å². The average molecular weight is 477 g/mol. The van der Waals surface area contributed by atoms with Crippen molar-refractivity contribution in [2.45, 2.75) is 51.9 Å². The first-order valence-electron chi connectivity index (χ1n) is 12.1. The van der Waals surface area contributed by atoms with Crippen LogP contribution in [0.2, 0.25) is 0 Å². The second-order valence-electron chi connectivity index (χ2n) is 9.26. The highest BCUT2D eigenvalue weighted by Crippen LogP contribution is 2.31. The van der Waals surface area contributed by atoms with E-state index in [-0.39, 0.29) is 11.3 Å². The van der Waals surface area contributed by atoms with Crippen LogP contribution in [-0.2, 0) is 0 Å². The molecule has 2 aromatic carbocycles. The Labute approximate surface area is 204 Å². The Morgan fingerprint density at radius 1 is 1.00 bits per heavy atom. The van der Waals surface area contributed by atoms with E-state index in [9.17, 15) is 14.4 Å². The highest BCUT2D eigenvalue weighted by molar-refractivity contribution is 6.07. The van der Waals surface area contributed by atoms with Gasteiger partial charge < -0.3 is 19.8 Å². The summed E-state index contributed by atoms with van der Waals surface area (Å²) in [5, 5.41) is 3.45. The van der Waals surface area contributed by atoms with Crippen LogP contribution in [0.25, 0.3) is 10.9 Å². The Balaban J connectivity index is 1.53. The van der Waals surface area contributed by atoms with Crippen LogP contribution < -0.4 is 20.3 Å². The number of rotatable bonds is 8. The molecule has 4 rings (SSSR count). The summed E-state index contributed by atoms with van der Waals surface area (Å²) < 4.78 is 10.6. The van der Waals surface area contributed by atoms with Gasteiger partial charge in [-0.1, -0.05) is 44.2 Å². The molecule has 0 atom stereocenters. The number of Topliss-reactive ketones (excluding diaryl/α,β-unsaturated/α-hetero) is 1. The third-order valence-corrected chi connectivity index (χ3v) is 6.91. The van der Waals surface area contributed by atoms with E-state index in [1.54, 1.807) is 24.3 Å². The highest BCUT2D eigenvalue weighted by atomic mass is 16.5. The summed E-state index contributed by atoms with van der Waals surface area (Å²) in [5.74, 6) is 1.14. The van der Waals surface area contributed by atoms with Gasteiger partial charge in [0.2, 0.25) is 0 Å². The fraction of sp³-hybridized carbons (Fsp3) is 0.393. The predicted octanol–water partition coefficient (Wildman–Crippen LogP) is 5.65. The minimum Gasteiger partial charge on any atom is -0.493 e. The number of aromatic nitrogens is 1. The number of methoxy groups -OCH3 is 2. The zero-order valence-electron chi connectivity index (χ0n) is 20.5. The van der Waals surface area contributed by atoms with Crippen molar-refractivity contribution in [3.05, 3.63) is 63.4 Å². The Morgan fingerprint density at radius 3 is 2.43 bits per heavy atom. The van der Waals surface area contributed by atoms with Crippen molar-refractivity contribution in [3.63, 3.8) is 0 Å². The largest absolute Gasteiger partial charge is 0.493 e. The number of hydrogen-bond donors (Lipinski definition) is 2. The van der Waals surface area contributed by atoms with Crippen molar-refractivity contribution < 1.29 is 19.1 Å². The maximum Gasteiger partial charge on any atom is 0.261 e. The molecule has 35 heavy (non-hydrogen) atoms. The second-order valence-corrected chi connectivity index (χ2v) is 9.26. The summed E-state index contributed by atoms with van der Waals surface area (Å²) in [6.07, 6.45) is 7.66. The zero-order valence-corrected chi connectivity index (χ0v) is 20.5. The molecule has 1 aliphatic carbocycles. The molecule has 1 amide bonds. The van der Waals surface area contributed by atoms with E-state index < -0.39 is 11.5 Å². The number of amides is 1. The van der Waals surface area contributed by atoms with Crippen molar-refractivity contribution in [3.8, 4) is 11.5 Å². The number of aromatic amines is 1. The van der Waals surface area contributed by atoms with Crippen molar-refractivity contribution in [2.24, 2.45) is 5.92 Å². The molecule has 184 valence electrons. The Bertz CT molecular complexity index is 1300. The first kappa shape index (κ1) is 24.5. The lowest BCUT2D eigenvalue weighted by molar-refractivity contribution is 0.0968. The summed E-state index contributed by atoms with van der Waals surface area (Å²) >= 11 is 0. The SMILES string of the molecule is COc1cc2cc(C(=O)Nc3cc(C(=O)CCC4CCCCC4)ccc3C)c(=O)[nH]c2cc1OC. The van der Waals surface area contributed by atoms with E-state index >= 15 is 0 Å². The van der Waals surface area contributed by atoms with Crippen LogP contribution in [0.1, 0.15) is 71.2 Å². The molecule has 1 saturated carbocycles. The lowest BCUT2D eigenvalue weighted by Crippen LogP contribution is -2.23. The Kier molecular flexibility index (Phi) is 7.54. The number of nitrogens with one attached hydrogen (secondary N) is 2. The van der Waals surface area contributed by atoms with E-state index in [2.05, 4.69) is 10.3 Å². The standard InChI is InChI=1S/C28H32N2O5/c1-17-9-11-19(24(31)12-10-18-7-5-4-6-8-18)14-22(17)29-27(32)21-13-20-15-25(34-2)26(35-3)16-23(20)30-28(21)33/h9,11,13-16,18H,4-8,10,12H2,1-3H3,(H,29,32)(H,30,33). The average Bonchev–Trinajstić information content (AvgIpc) is 2.87. The number of ketones is 1. The molecule has 0 saturated heterocycles. The molecule has 0 aliphatic heterocycles. The maximum absolute atomic E-state index is 13.0. The zero-order chi connectivity index (χ0) is 24.9. The number of fused-ring (bicyclic) bond motifs is 1. The third-order valence-electron chi connectivity index (χ3n) is 6.91. The van der Waals surface area contributed by atoms with Gasteiger partial charge in [-0.3, -0.25) is 14.4 Å². The first-order valence-corrected chi connectivity index (χ1v) is 12.1. The van der Waals surface area contributed by atoms with Crippen LogP contribution in [0.15, 0.2) is 41.2 Å². The number of benzene rings is 2. The van der Waals surface area contributed by atoms with Gasteiger partial charge in [-0.15, -0.1) is 0 Å². The van der Waals surface area contributed by atoms with Crippen LogP contribution in [-0.4, -0.2) is 30.9 Å². The Hall–Kier alpha value is -3.61. The van der Waals surface area contributed by atoms with Crippen LogP contribution >= 0.6 is 0 Å². The fourth-order valence-corrected chi connectivity index (χ4v) is 4.78. The van der Waals surface area contributed by atoms with Crippen molar-refractivity contribution in [1.82, 2.24) is 4.98 Å². The molecule has 2 N–H and O–H groups in total. The van der Waals surface area contributed by atoms with E-state index in [1.807, 2.05) is 13.0 Å². The highest BCUT2D eigenvalue weighted by Gasteiger charge is 2.18. The molecular formula is C28H32N2O5. The summed E-state index contributed by atoms with van der Waals surface area (Å²) in [5.41, 5.74) is 1.89. The van der Waals surface area contributed by atoms with Gasteiger partial charge in [0, 0.05) is 29.1 Å². The number of carbonyl (C=O) groups is 2. The summed E-state index contributed by atoms with van der Waals surface area (Å²) in [6.45, 7) is 1.85. The van der Waals surface area contributed by atoms with Crippen molar-refractivity contribution in [2.75, 3.05) is 19.5 Å². The van der Waals surface area contributed by atoms with Gasteiger partial charge in [-0.05, 0) is 43.0 Å². The van der Waals surface area contributed by atoms with Crippen LogP contribution in [0.5, 0.6) is 11.5 Å². The molecule has 1 heterocycles. The van der Waals surface area contributed by atoms with Gasteiger partial charge in [0.05, 0.1) is 19.7 Å². The van der Waals surface area contributed by atoms with Crippen molar-refractivity contribution in [1.29, 1.82) is 0 Å². The summed E-state index contributed by atoms with van der Waals surface area (Å²) in [7, 11) is 3.04. The quantitative estimate of drug-likeness (QED) is 0.410. The molecule has 1 aromatic heterocycles. The van der Waals surface area contributed by atoms with E-state index in [0.29, 0.717) is 46.0 Å². The van der Waals surface area contributed by atoms with Crippen LogP contribution in [0.3, 0.4) is 0 Å². The lowest BCUT2D eigenvalue weighted by Gasteiger charge is -2.21. The normalized spacial score (nSPS) is 14.0. The van der Waals surface area contributed by atoms with Crippen LogP contribution in [0, 0.1) is 12.8 Å². The molecule has 0 spiro atoms. The number of carbonyl (C=O) groups excluding carboxylic acids is 2. The summed E-state index contributed by atoms with van der Waals surface area (Å²) in [4.78, 5) is 41.3. The Morgan fingerprint density at radius 2 is 1.71 bits per heavy atom. The minimum atomic E-state index is -0.544. The van der Waals surface area contributed by atoms with E-state index in [1.165, 1.54) is 52.4 Å². The van der Waals surface area contributed by atoms with Gasteiger partial charge in [-0.25, -0.2) is 0 Å². The summed E-state index contributed by atoms with van der Waals surface area (Å²) in [6, 6.07) is 10.2. The monoisotopic (exact) mass is 476 g/mol. The predicted molar refractivity (Wildman–Crippen MR) is 137 cm³/mol. The molecule has 7 nitrogen and oxygen atoms in total. The molecule has 0 unspecified atom stereocenters. The molecule has 0 bridgehead atoms. The van der Waals surface area contributed by atoms with Gasteiger partial charge in [0.1, 0.15) is 5.56 Å². The van der Waals surface area contributed by atoms with Gasteiger partial charge in [0.25, 0.3) is 11.5 Å². The number of hydrogen-bond acceptors (Lipinski definition) is 5. The fourth-order valence-electron chi connectivity index (χ4n) is 4.78. The molecule has 0 radical (unpaired) electrons. The molecule has 7 heteroatoms. The van der Waals surface area contributed by atoms with Crippen molar-refractivity contribution >= 4 is 28.3 Å². The third kappa shape index (κ3) is 5.56. The molecular weight excluding hydrogens is 444 g/mol. The smallest absolute Gasteiger partial charge is 0.261 e. The minimum absolute atomic E-state index is 0.0295. The van der Waals surface area contributed by atoms with Gasteiger partial charge in [-0.2, -0.15) is 0 Å². The number of H-pyrrole nitrogens is 1. The van der Waals surface area contributed by atoms with Gasteiger partial charge in [0.15, 0.2) is 17.3 Å². The first-order chi connectivity index (χ1) is 16.9. The number of ether oxygens (including phenoxy) is 2. The molecule has 3 aromatic rings. The topological polar surface area (TPSA) is 97.5 Å². The lowest BCUT2D eigenvalue weighted by atomic mass is 9.85. The van der Waals surface area contributed by atoms with Crippen LogP contribution in [0.4, 0.5) is 5.69 Å². The number of pyridine rings is 1.